The van der Waals surface area contributed by atoms with Crippen molar-refractivity contribution < 1.29 is 23.1 Å². The quantitative estimate of drug-likeness (QED) is 0.329. The van der Waals surface area contributed by atoms with Crippen molar-refractivity contribution >= 4 is 29.1 Å². The first-order valence-corrected chi connectivity index (χ1v) is 12.6. The largest absolute Gasteiger partial charge is 0.457 e. The normalized spacial score (nSPS) is 16.7. The number of anilines is 1. The fraction of sp³-hybridized carbons (Fsp3) is 0.214. The number of amides is 2. The molecular formula is C28H24ClF2N5O3. The van der Waals surface area contributed by atoms with Crippen molar-refractivity contribution in [2.24, 2.45) is 5.92 Å². The number of rotatable bonds is 8. The minimum atomic E-state index is -0.729. The minimum Gasteiger partial charge on any atom is -0.457 e. The number of benzene rings is 3. The highest BCUT2D eigenvalue weighted by Gasteiger charge is 2.39. The Morgan fingerprint density at radius 1 is 0.949 bits per heavy atom. The molecule has 1 aliphatic rings. The number of carbonyl (C=O) groups excluding carboxylic acids is 2. The average molecular weight is 552 g/mol. The third-order valence-corrected chi connectivity index (χ3v) is 6.80. The van der Waals surface area contributed by atoms with Crippen LogP contribution in [0.15, 0.2) is 79.1 Å². The molecule has 0 spiro atoms. The van der Waals surface area contributed by atoms with Gasteiger partial charge in [0.1, 0.15) is 35.7 Å². The number of aromatic nitrogens is 3. The van der Waals surface area contributed by atoms with Crippen LogP contribution in [0.1, 0.15) is 12.0 Å². The summed E-state index contributed by atoms with van der Waals surface area (Å²) >= 11 is 6.23. The summed E-state index contributed by atoms with van der Waals surface area (Å²) in [5, 5.41) is 11.2. The van der Waals surface area contributed by atoms with E-state index in [2.05, 4.69) is 15.5 Å². The van der Waals surface area contributed by atoms with Gasteiger partial charge in [-0.15, -0.1) is 0 Å². The molecule has 200 valence electrons. The molecule has 0 aliphatic carbocycles. The second-order valence-corrected chi connectivity index (χ2v) is 9.64. The van der Waals surface area contributed by atoms with E-state index in [1.54, 1.807) is 30.3 Å². The first-order valence-electron chi connectivity index (χ1n) is 12.3. The van der Waals surface area contributed by atoms with Crippen molar-refractivity contribution in [3.63, 3.8) is 0 Å². The molecule has 39 heavy (non-hydrogen) atoms. The van der Waals surface area contributed by atoms with Gasteiger partial charge in [-0.05, 0) is 85.0 Å². The number of hydrogen-bond acceptors (Lipinski definition) is 5. The van der Waals surface area contributed by atoms with E-state index < -0.39 is 11.9 Å². The Labute approximate surface area is 228 Å². The van der Waals surface area contributed by atoms with Gasteiger partial charge in [-0.3, -0.25) is 9.59 Å². The monoisotopic (exact) mass is 551 g/mol. The second-order valence-electron chi connectivity index (χ2n) is 9.23. The van der Waals surface area contributed by atoms with Crippen molar-refractivity contribution in [3.05, 3.63) is 101 Å². The number of likely N-dealkylation sites (tertiary alicyclic amines) is 1. The highest BCUT2D eigenvalue weighted by Crippen LogP contribution is 2.31. The van der Waals surface area contributed by atoms with Crippen LogP contribution in [-0.4, -0.2) is 44.3 Å². The van der Waals surface area contributed by atoms with Crippen molar-refractivity contribution in [2.45, 2.75) is 25.4 Å². The zero-order valence-corrected chi connectivity index (χ0v) is 21.4. The number of nitrogens with zero attached hydrogens (tertiary/aromatic N) is 4. The van der Waals surface area contributed by atoms with Crippen LogP contribution in [0.2, 0.25) is 5.02 Å². The maximum absolute atomic E-state index is 13.5. The van der Waals surface area contributed by atoms with Crippen molar-refractivity contribution in [1.82, 2.24) is 19.9 Å². The molecule has 1 aliphatic heterocycles. The zero-order valence-electron chi connectivity index (χ0n) is 20.6. The summed E-state index contributed by atoms with van der Waals surface area (Å²) in [5.41, 5.74) is 1.28. The SMILES string of the molecule is O=C(Nc1ccc(Oc2ccc(F)cc2)cc1)[C@@H]1C[C@@H](Cc2ccc(F)cc2Cl)CN1C(=O)Cn1nccn1. The number of carbonyl (C=O) groups is 2. The standard InChI is InChI=1S/C28H24ClF2N5O3/c29-25-15-21(31)2-1-19(25)13-18-14-26(35(16-18)27(37)17-36-32-11-12-33-36)28(38)34-22-5-9-24(10-6-22)39-23-7-3-20(30)4-8-23/h1-12,15,18,26H,13-14,16-17H2,(H,34,38)/t18-,26+/m1/s1. The minimum absolute atomic E-state index is 0.0651. The molecule has 1 aromatic heterocycles. The van der Waals surface area contributed by atoms with Crippen molar-refractivity contribution in [2.75, 3.05) is 11.9 Å². The Morgan fingerprint density at radius 3 is 2.26 bits per heavy atom. The highest BCUT2D eigenvalue weighted by molar-refractivity contribution is 6.31. The van der Waals surface area contributed by atoms with Crippen LogP contribution >= 0.6 is 11.6 Å². The highest BCUT2D eigenvalue weighted by atomic mass is 35.5. The van der Waals surface area contributed by atoms with Gasteiger partial charge in [0, 0.05) is 17.3 Å². The fourth-order valence-electron chi connectivity index (χ4n) is 4.60. The smallest absolute Gasteiger partial charge is 0.247 e. The molecule has 0 radical (unpaired) electrons. The molecule has 0 unspecified atom stereocenters. The lowest BCUT2D eigenvalue weighted by atomic mass is 9.96. The van der Waals surface area contributed by atoms with Gasteiger partial charge in [0.2, 0.25) is 11.8 Å². The molecular weight excluding hydrogens is 528 g/mol. The number of ether oxygens (including phenoxy) is 1. The van der Waals surface area contributed by atoms with Crippen LogP contribution < -0.4 is 10.1 Å². The maximum Gasteiger partial charge on any atom is 0.247 e. The lowest BCUT2D eigenvalue weighted by Crippen LogP contribution is -2.44. The van der Waals surface area contributed by atoms with Gasteiger partial charge in [-0.25, -0.2) is 8.78 Å². The summed E-state index contributed by atoms with van der Waals surface area (Å²) in [6, 6.07) is 15.9. The van der Waals surface area contributed by atoms with Crippen molar-refractivity contribution in [3.8, 4) is 11.5 Å². The first-order chi connectivity index (χ1) is 18.8. The Hall–Kier alpha value is -4.31. The molecule has 2 amide bonds. The molecule has 1 N–H and O–H groups in total. The maximum atomic E-state index is 13.5. The first kappa shape index (κ1) is 26.3. The summed E-state index contributed by atoms with van der Waals surface area (Å²) in [7, 11) is 0. The molecule has 0 saturated carbocycles. The van der Waals surface area contributed by atoms with E-state index in [0.717, 1.165) is 5.56 Å². The van der Waals surface area contributed by atoms with E-state index in [1.807, 2.05) is 0 Å². The van der Waals surface area contributed by atoms with Crippen LogP contribution in [0.4, 0.5) is 14.5 Å². The molecule has 5 rings (SSSR count). The van der Waals surface area contributed by atoms with Gasteiger partial charge in [-0.1, -0.05) is 17.7 Å². The molecule has 2 atom stereocenters. The Balaban J connectivity index is 1.28. The average Bonchev–Trinajstić information content (AvgIpc) is 3.58. The van der Waals surface area contributed by atoms with Crippen LogP contribution in [0, 0.1) is 17.6 Å². The van der Waals surface area contributed by atoms with Crippen LogP contribution in [0.3, 0.4) is 0 Å². The van der Waals surface area contributed by atoms with E-state index >= 15 is 0 Å². The van der Waals surface area contributed by atoms with E-state index in [0.29, 0.717) is 41.6 Å². The van der Waals surface area contributed by atoms with E-state index in [-0.39, 0.29) is 30.1 Å². The van der Waals surface area contributed by atoms with Gasteiger partial charge in [0.25, 0.3) is 0 Å². The zero-order chi connectivity index (χ0) is 27.4. The second kappa shape index (κ2) is 11.6. The Kier molecular flexibility index (Phi) is 7.83. The lowest BCUT2D eigenvalue weighted by Gasteiger charge is -2.24. The molecule has 1 fully saturated rings. The van der Waals surface area contributed by atoms with Crippen molar-refractivity contribution in [1.29, 1.82) is 0 Å². The van der Waals surface area contributed by atoms with Crippen LogP contribution in [0.5, 0.6) is 11.5 Å². The molecule has 2 heterocycles. The molecule has 0 bridgehead atoms. The third kappa shape index (κ3) is 6.58. The summed E-state index contributed by atoms with van der Waals surface area (Å²) in [6.07, 6.45) is 3.85. The predicted molar refractivity (Wildman–Crippen MR) is 140 cm³/mol. The Morgan fingerprint density at radius 2 is 1.59 bits per heavy atom. The third-order valence-electron chi connectivity index (χ3n) is 6.45. The molecule has 8 nitrogen and oxygen atoms in total. The van der Waals surface area contributed by atoms with Gasteiger partial charge in [0.15, 0.2) is 0 Å². The summed E-state index contributed by atoms with van der Waals surface area (Å²) in [6.45, 7) is 0.229. The van der Waals surface area contributed by atoms with E-state index in [4.69, 9.17) is 16.3 Å². The summed E-state index contributed by atoms with van der Waals surface area (Å²) in [4.78, 5) is 29.3. The van der Waals surface area contributed by atoms with Crippen LogP contribution in [-0.2, 0) is 22.6 Å². The predicted octanol–water partition coefficient (Wildman–Crippen LogP) is 5.10. The molecule has 1 saturated heterocycles. The number of halogens is 3. The summed E-state index contributed by atoms with van der Waals surface area (Å²) < 4.78 is 32.3. The topological polar surface area (TPSA) is 89.4 Å². The van der Waals surface area contributed by atoms with E-state index in [9.17, 15) is 18.4 Å². The van der Waals surface area contributed by atoms with Gasteiger partial charge in [0.05, 0.1) is 12.4 Å². The van der Waals surface area contributed by atoms with Gasteiger partial charge in [-0.2, -0.15) is 15.0 Å². The number of nitrogens with one attached hydrogen (secondary N) is 1. The molecule has 11 heteroatoms. The van der Waals surface area contributed by atoms with Gasteiger partial charge >= 0.3 is 0 Å². The molecule has 3 aromatic carbocycles. The Bertz CT molecular complexity index is 1450. The summed E-state index contributed by atoms with van der Waals surface area (Å²) in [5.74, 6) is -0.482. The van der Waals surface area contributed by atoms with Gasteiger partial charge < -0.3 is 15.0 Å². The van der Waals surface area contributed by atoms with Crippen LogP contribution in [0.25, 0.3) is 0 Å². The number of hydrogen-bond donors (Lipinski definition) is 1. The van der Waals surface area contributed by atoms with E-state index in [1.165, 1.54) is 58.5 Å². The fourth-order valence-corrected chi connectivity index (χ4v) is 4.85. The lowest BCUT2D eigenvalue weighted by molar-refractivity contribution is -0.137. The molecule has 4 aromatic rings.